The van der Waals surface area contributed by atoms with Gasteiger partial charge in [-0.1, -0.05) is 37.6 Å². The van der Waals surface area contributed by atoms with E-state index in [2.05, 4.69) is 19.1 Å². The zero-order valence-corrected chi connectivity index (χ0v) is 9.70. The maximum atomic E-state index is 11.2. The monoisotopic (exact) mass is 218 g/mol. The van der Waals surface area contributed by atoms with Gasteiger partial charge in [-0.05, 0) is 36.8 Å². The van der Waals surface area contributed by atoms with Crippen molar-refractivity contribution < 1.29 is 9.90 Å². The predicted molar refractivity (Wildman–Crippen MR) is 63.6 cm³/mol. The van der Waals surface area contributed by atoms with Gasteiger partial charge >= 0.3 is 5.97 Å². The summed E-state index contributed by atoms with van der Waals surface area (Å²) in [7, 11) is 0. The molecule has 86 valence electrons. The smallest absolute Gasteiger partial charge is 0.314 e. The van der Waals surface area contributed by atoms with Crippen LogP contribution in [0.15, 0.2) is 24.3 Å². The van der Waals surface area contributed by atoms with Gasteiger partial charge in [-0.3, -0.25) is 4.79 Å². The van der Waals surface area contributed by atoms with E-state index in [1.165, 1.54) is 18.4 Å². The Bertz CT molecular complexity index is 391. The third-order valence-corrected chi connectivity index (χ3v) is 3.46. The van der Waals surface area contributed by atoms with Crippen molar-refractivity contribution in [2.45, 2.75) is 44.4 Å². The summed E-state index contributed by atoms with van der Waals surface area (Å²) in [5.74, 6) is -0.667. The zero-order chi connectivity index (χ0) is 11.6. The Hall–Kier alpha value is -1.31. The summed E-state index contributed by atoms with van der Waals surface area (Å²) in [6.45, 7) is 2.17. The third-order valence-electron chi connectivity index (χ3n) is 3.46. The second kappa shape index (κ2) is 4.28. The van der Waals surface area contributed by atoms with E-state index in [9.17, 15) is 9.90 Å². The number of aliphatic carboxylic acids is 1. The zero-order valence-electron chi connectivity index (χ0n) is 9.70. The normalized spacial score (nSPS) is 17.1. The molecule has 1 aromatic carbocycles. The number of carbonyl (C=O) groups is 1. The fraction of sp³-hybridized carbons (Fsp3) is 0.500. The molecule has 2 rings (SSSR count). The topological polar surface area (TPSA) is 37.3 Å². The first-order chi connectivity index (χ1) is 7.69. The van der Waals surface area contributed by atoms with Crippen LogP contribution >= 0.6 is 0 Å². The van der Waals surface area contributed by atoms with E-state index in [0.717, 1.165) is 24.8 Å². The molecule has 0 aliphatic heterocycles. The first kappa shape index (κ1) is 11.2. The van der Waals surface area contributed by atoms with Gasteiger partial charge in [-0.25, -0.2) is 0 Å². The van der Waals surface area contributed by atoms with Gasteiger partial charge in [0.15, 0.2) is 0 Å². The first-order valence-corrected chi connectivity index (χ1v) is 6.02. The fourth-order valence-electron chi connectivity index (χ4n) is 2.16. The van der Waals surface area contributed by atoms with Crippen molar-refractivity contribution in [3.63, 3.8) is 0 Å². The number of carboxylic acids is 1. The van der Waals surface area contributed by atoms with Crippen molar-refractivity contribution >= 4 is 5.97 Å². The largest absolute Gasteiger partial charge is 0.481 e. The second-order valence-corrected chi connectivity index (χ2v) is 4.69. The Morgan fingerprint density at radius 2 is 2.19 bits per heavy atom. The van der Waals surface area contributed by atoms with E-state index in [1.807, 2.05) is 12.1 Å². The lowest BCUT2D eigenvalue weighted by Crippen LogP contribution is -2.19. The molecule has 1 aliphatic carbocycles. The van der Waals surface area contributed by atoms with Crippen molar-refractivity contribution in [3.8, 4) is 0 Å². The van der Waals surface area contributed by atoms with Crippen LogP contribution in [-0.2, 0) is 16.6 Å². The number of carboxylic acid groups (broad SMARTS) is 1. The van der Waals surface area contributed by atoms with Gasteiger partial charge in [0.2, 0.25) is 0 Å². The summed E-state index contributed by atoms with van der Waals surface area (Å²) < 4.78 is 0. The van der Waals surface area contributed by atoms with E-state index in [0.29, 0.717) is 0 Å². The lowest BCUT2D eigenvalue weighted by atomic mass is 9.93. The highest BCUT2D eigenvalue weighted by molar-refractivity contribution is 5.84. The van der Waals surface area contributed by atoms with Crippen molar-refractivity contribution in [3.05, 3.63) is 35.4 Å². The van der Waals surface area contributed by atoms with Crippen LogP contribution in [0.3, 0.4) is 0 Å². The van der Waals surface area contributed by atoms with Gasteiger partial charge < -0.3 is 5.11 Å². The molecular weight excluding hydrogens is 200 g/mol. The highest BCUT2D eigenvalue weighted by atomic mass is 16.4. The van der Waals surface area contributed by atoms with Gasteiger partial charge in [0.05, 0.1) is 5.41 Å². The number of hydrogen-bond acceptors (Lipinski definition) is 1. The van der Waals surface area contributed by atoms with Crippen molar-refractivity contribution in [1.29, 1.82) is 0 Å². The lowest BCUT2D eigenvalue weighted by Gasteiger charge is -2.11. The minimum atomic E-state index is -0.667. The molecule has 1 N–H and O–H groups in total. The maximum absolute atomic E-state index is 11.2. The summed E-state index contributed by atoms with van der Waals surface area (Å²) in [6.07, 6.45) is 4.98. The molecular formula is C14H18O2. The molecule has 1 aliphatic rings. The Labute approximate surface area is 96.3 Å². The molecule has 0 saturated heterocycles. The van der Waals surface area contributed by atoms with E-state index < -0.39 is 11.4 Å². The fourth-order valence-corrected chi connectivity index (χ4v) is 2.16. The van der Waals surface area contributed by atoms with E-state index >= 15 is 0 Å². The average molecular weight is 218 g/mol. The quantitative estimate of drug-likeness (QED) is 0.824. The number of aryl methyl sites for hydroxylation is 1. The Morgan fingerprint density at radius 3 is 2.75 bits per heavy atom. The SMILES string of the molecule is CCCCc1cccc(C2(C(=O)O)CC2)c1. The van der Waals surface area contributed by atoms with E-state index in [1.54, 1.807) is 0 Å². The molecule has 0 aromatic heterocycles. The van der Waals surface area contributed by atoms with Crippen LogP contribution in [0.25, 0.3) is 0 Å². The van der Waals surface area contributed by atoms with Crippen LogP contribution in [0.5, 0.6) is 0 Å². The molecule has 16 heavy (non-hydrogen) atoms. The third kappa shape index (κ3) is 1.97. The van der Waals surface area contributed by atoms with Crippen LogP contribution in [0.1, 0.15) is 43.7 Å². The van der Waals surface area contributed by atoms with Crippen LogP contribution in [0.4, 0.5) is 0 Å². The average Bonchev–Trinajstić information content (AvgIpc) is 3.08. The Morgan fingerprint density at radius 1 is 1.44 bits per heavy atom. The number of rotatable bonds is 5. The standard InChI is InChI=1S/C14H18O2/c1-2-3-5-11-6-4-7-12(10-11)14(8-9-14)13(15)16/h4,6-7,10H,2-3,5,8-9H2,1H3,(H,15,16). The molecule has 0 spiro atoms. The first-order valence-electron chi connectivity index (χ1n) is 6.02. The van der Waals surface area contributed by atoms with Gasteiger partial charge in [0, 0.05) is 0 Å². The molecule has 2 heteroatoms. The molecule has 1 saturated carbocycles. The van der Waals surface area contributed by atoms with Gasteiger partial charge in [0.25, 0.3) is 0 Å². The Balaban J connectivity index is 2.19. The molecule has 1 aromatic rings. The Kier molecular flexibility index (Phi) is 2.99. The highest BCUT2D eigenvalue weighted by Gasteiger charge is 2.51. The van der Waals surface area contributed by atoms with Crippen LogP contribution in [0.2, 0.25) is 0 Å². The second-order valence-electron chi connectivity index (χ2n) is 4.69. The molecule has 0 radical (unpaired) electrons. The number of unbranched alkanes of at least 4 members (excludes halogenated alkanes) is 1. The van der Waals surface area contributed by atoms with Gasteiger partial charge in [0.1, 0.15) is 0 Å². The van der Waals surface area contributed by atoms with Gasteiger partial charge in [-0.2, -0.15) is 0 Å². The van der Waals surface area contributed by atoms with E-state index in [4.69, 9.17) is 0 Å². The maximum Gasteiger partial charge on any atom is 0.314 e. The summed E-state index contributed by atoms with van der Waals surface area (Å²) in [5.41, 5.74) is 1.71. The molecule has 0 bridgehead atoms. The van der Waals surface area contributed by atoms with Crippen LogP contribution in [0, 0.1) is 0 Å². The minimum Gasteiger partial charge on any atom is -0.481 e. The summed E-state index contributed by atoms with van der Waals surface area (Å²) in [5, 5.41) is 9.22. The van der Waals surface area contributed by atoms with Crippen molar-refractivity contribution in [2.75, 3.05) is 0 Å². The summed E-state index contributed by atoms with van der Waals surface area (Å²) in [6, 6.07) is 8.12. The van der Waals surface area contributed by atoms with Crippen molar-refractivity contribution in [1.82, 2.24) is 0 Å². The van der Waals surface area contributed by atoms with Gasteiger partial charge in [-0.15, -0.1) is 0 Å². The number of benzene rings is 1. The van der Waals surface area contributed by atoms with E-state index in [-0.39, 0.29) is 0 Å². The van der Waals surface area contributed by atoms with Crippen molar-refractivity contribution in [2.24, 2.45) is 0 Å². The molecule has 2 nitrogen and oxygen atoms in total. The highest BCUT2D eigenvalue weighted by Crippen LogP contribution is 2.48. The lowest BCUT2D eigenvalue weighted by molar-refractivity contribution is -0.140. The minimum absolute atomic E-state index is 0.553. The molecule has 0 atom stereocenters. The van der Waals surface area contributed by atoms with Crippen LogP contribution < -0.4 is 0 Å². The summed E-state index contributed by atoms with van der Waals surface area (Å²) >= 11 is 0. The predicted octanol–water partition coefficient (Wildman–Crippen LogP) is 3.15. The number of hydrogen-bond donors (Lipinski definition) is 1. The molecule has 0 unspecified atom stereocenters. The molecule has 0 heterocycles. The summed E-state index contributed by atoms with van der Waals surface area (Å²) in [4.78, 5) is 11.2. The molecule has 0 amide bonds. The molecule has 1 fully saturated rings. The van der Waals surface area contributed by atoms with Crippen LogP contribution in [-0.4, -0.2) is 11.1 Å².